The topological polar surface area (TPSA) is 130 Å². The number of aliphatic hydroxyl groups is 4. The predicted molar refractivity (Wildman–Crippen MR) is 114 cm³/mol. The summed E-state index contributed by atoms with van der Waals surface area (Å²) >= 11 is 0. The normalized spacial score (nSPS) is 11.7. The molecule has 0 spiro atoms. The molecule has 0 aliphatic heterocycles. The number of rotatable bonds is 17. The summed E-state index contributed by atoms with van der Waals surface area (Å²) in [6.07, 6.45) is 13.0. The number of hydrogen-bond donors (Lipinski definition) is 4. The van der Waals surface area contributed by atoms with Crippen molar-refractivity contribution in [3.63, 3.8) is 0 Å². The maximum atomic E-state index is 9.49. The van der Waals surface area contributed by atoms with Crippen LogP contribution in [0.4, 0.5) is 0 Å². The van der Waals surface area contributed by atoms with Crippen LogP contribution in [-0.4, -0.2) is 58.6 Å². The third-order valence-corrected chi connectivity index (χ3v) is 3.87. The zero-order valence-electron chi connectivity index (χ0n) is 19.6. The number of carbonyl (C=O) groups excluding carboxylic acids is 1. The van der Waals surface area contributed by atoms with Crippen LogP contribution in [0.3, 0.4) is 0 Å². The van der Waals surface area contributed by atoms with Crippen molar-refractivity contribution in [3.05, 3.63) is 12.7 Å². The maximum absolute atomic E-state index is 9.49. The molecule has 0 radical (unpaired) electrons. The van der Waals surface area contributed by atoms with E-state index in [9.17, 15) is 9.90 Å². The van der Waals surface area contributed by atoms with E-state index in [1.54, 1.807) is 6.92 Å². The minimum absolute atomic E-state index is 0. The van der Waals surface area contributed by atoms with Crippen LogP contribution in [0, 0.1) is 0 Å². The molecular formula is C22H45NaO7. The first-order valence-electron chi connectivity index (χ1n) is 10.9. The monoisotopic (exact) mass is 444 g/mol. The van der Waals surface area contributed by atoms with Crippen molar-refractivity contribution in [2.75, 3.05) is 19.8 Å². The minimum Gasteiger partial charge on any atom is -0.550 e. The fraction of sp³-hybridized carbons (Fsp3) is 0.864. The molecule has 0 aliphatic rings. The Hall–Kier alpha value is 0.0100. The predicted octanol–water partition coefficient (Wildman–Crippen LogP) is -0.699. The van der Waals surface area contributed by atoms with E-state index >= 15 is 0 Å². The van der Waals surface area contributed by atoms with Gasteiger partial charge in [0.25, 0.3) is 0 Å². The number of hydrogen-bond acceptors (Lipinski definition) is 7. The minimum atomic E-state index is -1.33. The second kappa shape index (κ2) is 33.6. The van der Waals surface area contributed by atoms with Crippen molar-refractivity contribution in [2.24, 2.45) is 0 Å². The average molecular weight is 445 g/mol. The van der Waals surface area contributed by atoms with Crippen molar-refractivity contribution >= 4 is 5.97 Å². The van der Waals surface area contributed by atoms with Gasteiger partial charge < -0.3 is 35.1 Å². The van der Waals surface area contributed by atoms with E-state index in [0.29, 0.717) is 13.0 Å². The van der Waals surface area contributed by atoms with Crippen LogP contribution in [-0.2, 0) is 9.53 Å². The number of carboxylic acids is 1. The Labute approximate surface area is 205 Å². The molecule has 2 unspecified atom stereocenters. The Kier molecular flexibility index (Phi) is 41.9. The van der Waals surface area contributed by atoms with Gasteiger partial charge in [0.15, 0.2) is 6.29 Å². The Morgan fingerprint density at radius 2 is 1.40 bits per heavy atom. The van der Waals surface area contributed by atoms with E-state index < -0.39 is 25.0 Å². The SMILES string of the molecule is C=CCOC(O)C(O)CO.CCCC(=O)[O-].CCCCCCCCCCCCO.[Na+]. The Balaban J connectivity index is -0.000000177. The summed E-state index contributed by atoms with van der Waals surface area (Å²) in [5.41, 5.74) is 0. The molecule has 0 aromatic carbocycles. The molecule has 0 saturated heterocycles. The fourth-order valence-corrected chi connectivity index (χ4v) is 2.17. The Bertz CT molecular complexity index is 321. The zero-order chi connectivity index (χ0) is 22.8. The second-order valence-electron chi connectivity index (χ2n) is 6.79. The molecule has 176 valence electrons. The van der Waals surface area contributed by atoms with Gasteiger partial charge >= 0.3 is 29.6 Å². The molecule has 0 heterocycles. The maximum Gasteiger partial charge on any atom is 1.00 e. The van der Waals surface area contributed by atoms with Crippen molar-refractivity contribution < 1.29 is 64.6 Å². The van der Waals surface area contributed by atoms with Crippen LogP contribution in [0.25, 0.3) is 0 Å². The molecule has 0 fully saturated rings. The summed E-state index contributed by atoms with van der Waals surface area (Å²) in [6.45, 7) is 7.40. The summed E-state index contributed by atoms with van der Waals surface area (Å²) in [5, 5.41) is 43.8. The van der Waals surface area contributed by atoms with Crippen LogP contribution in [0.5, 0.6) is 0 Å². The third-order valence-electron chi connectivity index (χ3n) is 3.87. The fourth-order valence-electron chi connectivity index (χ4n) is 2.17. The van der Waals surface area contributed by atoms with E-state index in [0.717, 1.165) is 6.42 Å². The van der Waals surface area contributed by atoms with E-state index in [-0.39, 0.29) is 42.6 Å². The third kappa shape index (κ3) is 38.6. The molecule has 0 aromatic rings. The summed E-state index contributed by atoms with van der Waals surface area (Å²) in [6, 6.07) is 0. The molecule has 0 aromatic heterocycles. The van der Waals surface area contributed by atoms with Crippen molar-refractivity contribution in [2.45, 2.75) is 103 Å². The molecule has 0 saturated carbocycles. The van der Waals surface area contributed by atoms with Gasteiger partial charge in [0, 0.05) is 12.6 Å². The first kappa shape index (κ1) is 37.3. The van der Waals surface area contributed by atoms with Gasteiger partial charge in [-0.1, -0.05) is 84.1 Å². The summed E-state index contributed by atoms with van der Waals surface area (Å²) in [5.74, 6) is -0.961. The standard InChI is InChI=1S/C12H26O.C6H12O4.C4H8O2.Na/c1-2-3-4-5-6-7-8-9-10-11-12-13;1-2-3-10-6(9)5(8)4-7;1-2-3-4(5)6;/h13H,2-12H2,1H3;2,5-9H,1,3-4H2;2-3H2,1H3,(H,5,6);/q;;;+1/p-1. The van der Waals surface area contributed by atoms with Crippen molar-refractivity contribution in [1.82, 2.24) is 0 Å². The first-order chi connectivity index (χ1) is 13.9. The van der Waals surface area contributed by atoms with Crippen LogP contribution in [0.15, 0.2) is 12.7 Å². The van der Waals surface area contributed by atoms with E-state index in [1.165, 1.54) is 63.9 Å². The molecule has 30 heavy (non-hydrogen) atoms. The van der Waals surface area contributed by atoms with Crippen LogP contribution in [0.2, 0.25) is 0 Å². The molecule has 0 amide bonds. The number of carbonyl (C=O) groups is 1. The van der Waals surface area contributed by atoms with Gasteiger partial charge in [-0.3, -0.25) is 0 Å². The van der Waals surface area contributed by atoms with Crippen molar-refractivity contribution in [1.29, 1.82) is 0 Å². The number of ether oxygens (including phenoxy) is 1. The molecule has 8 heteroatoms. The van der Waals surface area contributed by atoms with E-state index in [2.05, 4.69) is 18.2 Å². The van der Waals surface area contributed by atoms with Gasteiger partial charge in [-0.15, -0.1) is 6.58 Å². The molecule has 4 N–H and O–H groups in total. The van der Waals surface area contributed by atoms with Crippen molar-refractivity contribution in [3.8, 4) is 0 Å². The first-order valence-corrected chi connectivity index (χ1v) is 10.9. The van der Waals surface area contributed by atoms with Crippen LogP contribution >= 0.6 is 0 Å². The Morgan fingerprint density at radius 1 is 0.933 bits per heavy atom. The van der Waals surface area contributed by atoms with Gasteiger partial charge in [-0.2, -0.15) is 0 Å². The van der Waals surface area contributed by atoms with Gasteiger partial charge in [0.05, 0.1) is 13.2 Å². The smallest absolute Gasteiger partial charge is 0.550 e. The van der Waals surface area contributed by atoms with E-state index in [4.69, 9.17) is 20.4 Å². The van der Waals surface area contributed by atoms with Crippen LogP contribution in [0.1, 0.15) is 90.9 Å². The Morgan fingerprint density at radius 3 is 1.70 bits per heavy atom. The summed E-state index contributed by atoms with van der Waals surface area (Å²) in [7, 11) is 0. The number of carboxylic acid groups (broad SMARTS) is 1. The molecule has 0 bridgehead atoms. The second-order valence-corrected chi connectivity index (χ2v) is 6.79. The van der Waals surface area contributed by atoms with Gasteiger partial charge in [0.2, 0.25) is 0 Å². The van der Waals surface area contributed by atoms with Gasteiger partial charge in [-0.25, -0.2) is 0 Å². The zero-order valence-corrected chi connectivity index (χ0v) is 21.6. The number of unbranched alkanes of at least 4 members (excludes halogenated alkanes) is 9. The molecule has 0 aliphatic carbocycles. The molecule has 0 rings (SSSR count). The average Bonchev–Trinajstić information content (AvgIpc) is 2.71. The summed E-state index contributed by atoms with van der Waals surface area (Å²) in [4.78, 5) is 9.49. The number of aliphatic hydroxyl groups excluding tert-OH is 4. The molecular weight excluding hydrogens is 399 g/mol. The quantitative estimate of drug-likeness (QED) is 0.101. The molecule has 7 nitrogen and oxygen atoms in total. The van der Waals surface area contributed by atoms with E-state index in [1.807, 2.05) is 0 Å². The van der Waals surface area contributed by atoms with Gasteiger partial charge in [-0.05, 0) is 12.8 Å². The largest absolute Gasteiger partial charge is 1.00 e. The number of aliphatic carboxylic acids is 1. The van der Waals surface area contributed by atoms with Crippen LogP contribution < -0.4 is 34.7 Å². The summed E-state index contributed by atoms with van der Waals surface area (Å²) < 4.78 is 4.57. The van der Waals surface area contributed by atoms with Gasteiger partial charge in [0.1, 0.15) is 6.10 Å². The molecule has 2 atom stereocenters.